The van der Waals surface area contributed by atoms with Gasteiger partial charge in [0, 0.05) is 31.3 Å². The maximum Gasteiger partial charge on any atom is 0.323 e. The second-order valence-corrected chi connectivity index (χ2v) is 12.7. The molecule has 4 aromatic rings. The second kappa shape index (κ2) is 17.7. The molecule has 1 aliphatic carbocycles. The number of aliphatic hydroxyl groups is 1. The van der Waals surface area contributed by atoms with Crippen molar-refractivity contribution in [3.8, 4) is 11.5 Å². The number of nitrogens with one attached hydrogen (secondary N) is 1. The maximum absolute atomic E-state index is 12.8. The van der Waals surface area contributed by atoms with Gasteiger partial charge in [0.25, 0.3) is 0 Å². The number of ether oxygens (including phenoxy) is 3. The summed E-state index contributed by atoms with van der Waals surface area (Å²) in [4.78, 5) is 26.1. The first-order chi connectivity index (χ1) is 24.7. The molecule has 51 heavy (non-hydrogen) atoms. The quantitative estimate of drug-likeness (QED) is 0.109. The van der Waals surface area contributed by atoms with Gasteiger partial charge in [-0.05, 0) is 65.1 Å². The Morgan fingerprint density at radius 2 is 1.80 bits per heavy atom. The summed E-state index contributed by atoms with van der Waals surface area (Å²) in [5, 5.41) is 29.0. The SMILES string of the molecule is CCN(CC)C(=O)CCOC1(COc2cc(OCc3ccc4nonc4c3)c(CNC(CO)C(=O)O)cc2Cl)C=CC=C(c2ccccc2)C1Cl. The number of aromatic nitrogens is 2. The van der Waals surface area contributed by atoms with Crippen molar-refractivity contribution in [1.82, 2.24) is 20.5 Å². The number of hydrogen-bond donors (Lipinski definition) is 3. The molecule has 0 bridgehead atoms. The van der Waals surface area contributed by atoms with Gasteiger partial charge in [-0.2, -0.15) is 0 Å². The number of hydrogen-bond acceptors (Lipinski definition) is 10. The van der Waals surface area contributed by atoms with Crippen LogP contribution in [0.1, 0.15) is 37.0 Å². The van der Waals surface area contributed by atoms with Gasteiger partial charge in [-0.3, -0.25) is 14.9 Å². The van der Waals surface area contributed by atoms with Crippen LogP contribution in [0, 0.1) is 0 Å². The molecule has 270 valence electrons. The average Bonchev–Trinajstić information content (AvgIpc) is 3.61. The number of amides is 1. The number of aliphatic carboxylic acids is 1. The highest BCUT2D eigenvalue weighted by atomic mass is 35.5. The molecule has 0 aliphatic heterocycles. The van der Waals surface area contributed by atoms with Crippen molar-refractivity contribution in [3.05, 3.63) is 101 Å². The minimum absolute atomic E-state index is 0.0183. The molecule has 0 saturated carbocycles. The Morgan fingerprint density at radius 3 is 2.53 bits per heavy atom. The predicted molar refractivity (Wildman–Crippen MR) is 193 cm³/mol. The molecule has 0 fully saturated rings. The van der Waals surface area contributed by atoms with Crippen LogP contribution >= 0.6 is 23.2 Å². The molecule has 1 amide bonds. The fraction of sp³-hybridized carbons (Fsp3) is 0.351. The van der Waals surface area contributed by atoms with E-state index in [1.807, 2.05) is 68.5 Å². The van der Waals surface area contributed by atoms with Crippen molar-refractivity contribution in [2.24, 2.45) is 0 Å². The molecule has 1 aliphatic rings. The molecule has 12 nitrogen and oxygen atoms in total. The number of rotatable bonds is 18. The lowest BCUT2D eigenvalue weighted by atomic mass is 9.86. The molecule has 3 N–H and O–H groups in total. The number of fused-ring (bicyclic) bond motifs is 1. The van der Waals surface area contributed by atoms with E-state index in [2.05, 4.69) is 15.6 Å². The summed E-state index contributed by atoms with van der Waals surface area (Å²) in [6, 6.07) is 17.1. The van der Waals surface area contributed by atoms with Crippen LogP contribution in [0.2, 0.25) is 5.02 Å². The summed E-state index contributed by atoms with van der Waals surface area (Å²) in [6.07, 6.45) is 5.79. The van der Waals surface area contributed by atoms with Gasteiger partial charge in [0.15, 0.2) is 0 Å². The van der Waals surface area contributed by atoms with Crippen LogP contribution in [-0.4, -0.2) is 87.2 Å². The summed E-state index contributed by atoms with van der Waals surface area (Å²) in [6.45, 7) is 4.61. The van der Waals surface area contributed by atoms with Crippen molar-refractivity contribution >= 4 is 51.7 Å². The molecular formula is C37H40Cl2N4O8. The molecule has 3 aromatic carbocycles. The maximum atomic E-state index is 12.8. The lowest BCUT2D eigenvalue weighted by molar-refractivity contribution is -0.140. The third-order valence-electron chi connectivity index (χ3n) is 8.57. The van der Waals surface area contributed by atoms with Crippen LogP contribution < -0.4 is 14.8 Å². The molecular weight excluding hydrogens is 699 g/mol. The number of carbonyl (C=O) groups excluding carboxylic acids is 1. The zero-order chi connectivity index (χ0) is 36.4. The number of benzene rings is 3. The summed E-state index contributed by atoms with van der Waals surface area (Å²) < 4.78 is 23.9. The Labute approximate surface area is 305 Å². The van der Waals surface area contributed by atoms with Crippen molar-refractivity contribution in [1.29, 1.82) is 0 Å². The highest BCUT2D eigenvalue weighted by Gasteiger charge is 2.42. The topological polar surface area (TPSA) is 156 Å². The Balaban J connectivity index is 1.41. The van der Waals surface area contributed by atoms with Crippen LogP contribution in [0.3, 0.4) is 0 Å². The van der Waals surface area contributed by atoms with Crippen LogP contribution in [-0.2, 0) is 27.5 Å². The van der Waals surface area contributed by atoms with Crippen molar-refractivity contribution in [3.63, 3.8) is 0 Å². The van der Waals surface area contributed by atoms with Crippen LogP contribution in [0.25, 0.3) is 16.6 Å². The Hall–Kier alpha value is -4.46. The van der Waals surface area contributed by atoms with Gasteiger partial charge in [-0.1, -0.05) is 60.2 Å². The molecule has 0 saturated heterocycles. The van der Waals surface area contributed by atoms with Gasteiger partial charge >= 0.3 is 5.97 Å². The number of allylic oxidation sites excluding steroid dienone is 2. The van der Waals surface area contributed by atoms with E-state index >= 15 is 0 Å². The first-order valence-corrected chi connectivity index (χ1v) is 17.4. The van der Waals surface area contributed by atoms with E-state index in [1.165, 1.54) is 0 Å². The zero-order valence-corrected chi connectivity index (χ0v) is 29.8. The highest BCUT2D eigenvalue weighted by molar-refractivity contribution is 6.32. The monoisotopic (exact) mass is 738 g/mol. The fourth-order valence-electron chi connectivity index (χ4n) is 5.66. The van der Waals surface area contributed by atoms with E-state index in [0.29, 0.717) is 35.4 Å². The van der Waals surface area contributed by atoms with E-state index < -0.39 is 29.6 Å². The highest BCUT2D eigenvalue weighted by Crippen LogP contribution is 2.40. The first kappa shape index (κ1) is 37.8. The van der Waals surface area contributed by atoms with Crippen LogP contribution in [0.5, 0.6) is 11.5 Å². The summed E-state index contributed by atoms with van der Waals surface area (Å²) in [7, 11) is 0. The van der Waals surface area contributed by atoms with Gasteiger partial charge in [0.1, 0.15) is 47.4 Å². The van der Waals surface area contributed by atoms with E-state index in [0.717, 1.165) is 16.7 Å². The van der Waals surface area contributed by atoms with E-state index in [9.17, 15) is 19.8 Å². The summed E-state index contributed by atoms with van der Waals surface area (Å²) >= 11 is 14.0. The number of alkyl halides is 1. The average molecular weight is 740 g/mol. The van der Waals surface area contributed by atoms with Crippen molar-refractivity contribution < 1.29 is 38.6 Å². The number of carbonyl (C=O) groups is 2. The second-order valence-electron chi connectivity index (χ2n) is 11.8. The van der Waals surface area contributed by atoms with Gasteiger partial charge < -0.3 is 29.3 Å². The number of halogens is 2. The van der Waals surface area contributed by atoms with Crippen molar-refractivity contribution in [2.45, 2.75) is 50.4 Å². The number of carboxylic acids is 1. The summed E-state index contributed by atoms with van der Waals surface area (Å²) in [5.41, 5.74) is 3.02. The third-order valence-corrected chi connectivity index (χ3v) is 9.47. The standard InChI is InChI=1S/C37H40Cl2N4O8/c1-3-43(4-2)34(45)14-16-50-37(15-8-11-27(35(37)39)25-9-6-5-7-10-25)23-49-33-19-32(26(18-28(33)38)20-40-31(21-44)36(46)47)48-22-24-12-13-29-30(17-24)42-51-41-29/h5-13,15,17-19,31,35,40,44H,3-4,14,16,20-23H2,1-2H3,(H,46,47). The lowest BCUT2D eigenvalue weighted by Gasteiger charge is -2.38. The molecule has 5 rings (SSSR count). The van der Waals surface area contributed by atoms with Crippen LogP contribution in [0.15, 0.2) is 83.5 Å². The molecule has 0 spiro atoms. The van der Waals surface area contributed by atoms with Gasteiger partial charge in [0.2, 0.25) is 5.91 Å². The number of aliphatic hydroxyl groups excluding tert-OH is 1. The molecule has 14 heteroatoms. The molecule has 1 heterocycles. The molecule has 1 aromatic heterocycles. The van der Waals surface area contributed by atoms with Gasteiger partial charge in [-0.15, -0.1) is 11.6 Å². The minimum Gasteiger partial charge on any atom is -0.488 e. The molecule has 0 radical (unpaired) electrons. The van der Waals surface area contributed by atoms with E-state index in [4.69, 9.17) is 42.0 Å². The number of nitrogens with zero attached hydrogens (tertiary/aromatic N) is 3. The van der Waals surface area contributed by atoms with Gasteiger partial charge in [-0.25, -0.2) is 4.63 Å². The lowest BCUT2D eigenvalue weighted by Crippen LogP contribution is -2.48. The Kier molecular flexibility index (Phi) is 13.1. The fourth-order valence-corrected chi connectivity index (χ4v) is 6.30. The van der Waals surface area contributed by atoms with E-state index in [1.54, 1.807) is 29.2 Å². The van der Waals surface area contributed by atoms with Crippen LogP contribution in [0.4, 0.5) is 0 Å². The Bertz CT molecular complexity index is 1860. The van der Waals surface area contributed by atoms with Crippen molar-refractivity contribution in [2.75, 3.05) is 32.9 Å². The molecule has 3 atom stereocenters. The largest absolute Gasteiger partial charge is 0.488 e. The predicted octanol–water partition coefficient (Wildman–Crippen LogP) is 5.64. The zero-order valence-electron chi connectivity index (χ0n) is 28.3. The Morgan fingerprint density at radius 1 is 1.04 bits per heavy atom. The minimum atomic E-state index is -1.20. The summed E-state index contributed by atoms with van der Waals surface area (Å²) in [5.74, 6) is -0.614. The molecule has 3 unspecified atom stereocenters. The number of carboxylic acid groups (broad SMARTS) is 1. The smallest absolute Gasteiger partial charge is 0.323 e. The van der Waals surface area contributed by atoms with E-state index in [-0.39, 0.29) is 49.5 Å². The normalized spacial score (nSPS) is 17.6. The van der Waals surface area contributed by atoms with Gasteiger partial charge in [0.05, 0.1) is 30.0 Å². The third kappa shape index (κ3) is 9.26. The first-order valence-electron chi connectivity index (χ1n) is 16.5.